The molecule has 1 aromatic rings. The van der Waals surface area contributed by atoms with Crippen molar-refractivity contribution >= 4 is 5.91 Å². The topological polar surface area (TPSA) is 50.8 Å². The number of hydrogen-bond acceptors (Lipinski definition) is 4. The first-order valence-electron chi connectivity index (χ1n) is 8.40. The summed E-state index contributed by atoms with van der Waals surface area (Å²) in [5.41, 5.74) is 3.86. The summed E-state index contributed by atoms with van der Waals surface area (Å²) in [6, 6.07) is 6.31. The van der Waals surface area contributed by atoms with Gasteiger partial charge < -0.3 is 19.7 Å². The molecule has 0 spiro atoms. The van der Waals surface area contributed by atoms with Gasteiger partial charge in [-0.3, -0.25) is 4.79 Å². The van der Waals surface area contributed by atoms with Crippen LogP contribution in [0.25, 0.3) is 0 Å². The van der Waals surface area contributed by atoms with Crippen molar-refractivity contribution in [3.05, 3.63) is 34.9 Å². The number of amides is 1. The Morgan fingerprint density at radius 2 is 2.30 bits per heavy atom. The smallest absolute Gasteiger partial charge is 0.227 e. The molecule has 3 rings (SSSR count). The predicted molar refractivity (Wildman–Crippen MR) is 88.3 cm³/mol. The molecule has 0 radical (unpaired) electrons. The first-order valence-corrected chi connectivity index (χ1v) is 8.40. The number of carbonyl (C=O) groups is 1. The molecule has 2 aliphatic rings. The van der Waals surface area contributed by atoms with Gasteiger partial charge in [-0.05, 0) is 36.6 Å². The van der Waals surface area contributed by atoms with E-state index >= 15 is 0 Å². The van der Waals surface area contributed by atoms with Gasteiger partial charge in [-0.15, -0.1) is 0 Å². The van der Waals surface area contributed by atoms with Crippen LogP contribution in [-0.4, -0.2) is 56.4 Å². The highest BCUT2D eigenvalue weighted by Crippen LogP contribution is 2.21. The Hall–Kier alpha value is -1.43. The largest absolute Gasteiger partial charge is 0.382 e. The monoisotopic (exact) mass is 318 g/mol. The van der Waals surface area contributed by atoms with Gasteiger partial charge in [0.05, 0.1) is 25.2 Å². The number of rotatable bonds is 4. The Kier molecular flexibility index (Phi) is 5.30. The van der Waals surface area contributed by atoms with Crippen molar-refractivity contribution in [1.82, 2.24) is 10.2 Å². The molecule has 0 aromatic heterocycles. The predicted octanol–water partition coefficient (Wildman–Crippen LogP) is 1.14. The number of fused-ring (bicyclic) bond motifs is 1. The number of ether oxygens (including phenoxy) is 2. The second-order valence-corrected chi connectivity index (χ2v) is 6.48. The second-order valence-electron chi connectivity index (χ2n) is 6.48. The Morgan fingerprint density at radius 3 is 3.13 bits per heavy atom. The molecule has 1 N–H and O–H groups in total. The summed E-state index contributed by atoms with van der Waals surface area (Å²) in [5, 5.41) is 3.38. The normalized spacial score (nSPS) is 24.3. The van der Waals surface area contributed by atoms with Crippen LogP contribution in [0.3, 0.4) is 0 Å². The lowest BCUT2D eigenvalue weighted by Gasteiger charge is -2.36. The van der Waals surface area contributed by atoms with Crippen molar-refractivity contribution in [3.8, 4) is 0 Å². The van der Waals surface area contributed by atoms with E-state index in [1.165, 1.54) is 16.7 Å². The zero-order chi connectivity index (χ0) is 16.2. The third-order valence-corrected chi connectivity index (χ3v) is 4.61. The fraction of sp³-hybridized carbons (Fsp3) is 0.611. The van der Waals surface area contributed by atoms with Gasteiger partial charge in [-0.25, -0.2) is 0 Å². The van der Waals surface area contributed by atoms with E-state index in [1.54, 1.807) is 7.11 Å². The summed E-state index contributed by atoms with van der Waals surface area (Å²) in [6.45, 7) is 5.71. The molecule has 1 aromatic carbocycles. The second kappa shape index (κ2) is 7.43. The van der Waals surface area contributed by atoms with Crippen LogP contribution < -0.4 is 5.32 Å². The first-order chi connectivity index (χ1) is 11.2. The molecule has 2 aliphatic heterocycles. The molecule has 0 aliphatic carbocycles. The minimum Gasteiger partial charge on any atom is -0.382 e. The number of nitrogens with zero attached hydrogens (tertiary/aromatic N) is 1. The van der Waals surface area contributed by atoms with Gasteiger partial charge in [0, 0.05) is 26.7 Å². The van der Waals surface area contributed by atoms with Gasteiger partial charge in [-0.1, -0.05) is 18.2 Å². The molecule has 0 bridgehead atoms. The summed E-state index contributed by atoms with van der Waals surface area (Å²) < 4.78 is 11.0. The Morgan fingerprint density at radius 1 is 1.43 bits per heavy atom. The summed E-state index contributed by atoms with van der Waals surface area (Å²) in [5.74, 6) is 0.188. The fourth-order valence-corrected chi connectivity index (χ4v) is 3.58. The number of hydrogen-bond donors (Lipinski definition) is 1. The highest BCUT2D eigenvalue weighted by molar-refractivity contribution is 5.79. The van der Waals surface area contributed by atoms with E-state index in [9.17, 15) is 4.79 Å². The molecule has 1 saturated heterocycles. The number of methoxy groups -OCH3 is 1. The van der Waals surface area contributed by atoms with Gasteiger partial charge in [0.2, 0.25) is 5.91 Å². The molecule has 1 fully saturated rings. The minimum absolute atomic E-state index is 0.0263. The van der Waals surface area contributed by atoms with Crippen LogP contribution in [0.5, 0.6) is 0 Å². The molecule has 5 heteroatoms. The lowest BCUT2D eigenvalue weighted by Crippen LogP contribution is -2.51. The molecular weight excluding hydrogens is 292 g/mol. The van der Waals surface area contributed by atoms with Crippen LogP contribution in [0.1, 0.15) is 23.6 Å². The molecule has 23 heavy (non-hydrogen) atoms. The van der Waals surface area contributed by atoms with Gasteiger partial charge in [-0.2, -0.15) is 0 Å². The summed E-state index contributed by atoms with van der Waals surface area (Å²) in [6.07, 6.45) is 1.52. The molecule has 2 heterocycles. The van der Waals surface area contributed by atoms with E-state index in [0.29, 0.717) is 26.1 Å². The molecule has 2 unspecified atom stereocenters. The molecular formula is C18H26N2O3. The van der Waals surface area contributed by atoms with Crippen molar-refractivity contribution < 1.29 is 14.3 Å². The van der Waals surface area contributed by atoms with Gasteiger partial charge >= 0.3 is 0 Å². The molecule has 1 amide bonds. The standard InChI is InChI=1S/C18H26N2O3/c1-13-10-20(11-16(23-13)12-22-2)18(21)8-14-4-3-5-15-9-19-7-6-17(14)15/h3-5,13,16,19H,6-12H2,1-2H3. The fourth-order valence-electron chi connectivity index (χ4n) is 3.58. The molecule has 126 valence electrons. The average Bonchev–Trinajstić information content (AvgIpc) is 2.55. The third-order valence-electron chi connectivity index (χ3n) is 4.61. The van der Waals surface area contributed by atoms with Crippen LogP contribution in [0.4, 0.5) is 0 Å². The van der Waals surface area contributed by atoms with Crippen molar-refractivity contribution in [1.29, 1.82) is 0 Å². The van der Waals surface area contributed by atoms with E-state index in [4.69, 9.17) is 9.47 Å². The Bertz CT molecular complexity index is 561. The quantitative estimate of drug-likeness (QED) is 0.904. The van der Waals surface area contributed by atoms with E-state index in [2.05, 4.69) is 23.5 Å². The van der Waals surface area contributed by atoms with E-state index < -0.39 is 0 Å². The van der Waals surface area contributed by atoms with Gasteiger partial charge in [0.15, 0.2) is 0 Å². The van der Waals surface area contributed by atoms with Crippen LogP contribution in [0.2, 0.25) is 0 Å². The number of nitrogens with one attached hydrogen (secondary N) is 1. The van der Waals surface area contributed by atoms with E-state index in [1.807, 2.05) is 11.8 Å². The highest BCUT2D eigenvalue weighted by atomic mass is 16.5. The van der Waals surface area contributed by atoms with E-state index in [-0.39, 0.29) is 18.1 Å². The van der Waals surface area contributed by atoms with Crippen molar-refractivity contribution in [2.24, 2.45) is 0 Å². The maximum absolute atomic E-state index is 12.8. The van der Waals surface area contributed by atoms with Crippen molar-refractivity contribution in [3.63, 3.8) is 0 Å². The van der Waals surface area contributed by atoms with Crippen LogP contribution in [0, 0.1) is 0 Å². The molecule has 2 atom stereocenters. The van der Waals surface area contributed by atoms with Gasteiger partial charge in [0.1, 0.15) is 0 Å². The third kappa shape index (κ3) is 3.91. The van der Waals surface area contributed by atoms with Gasteiger partial charge in [0.25, 0.3) is 0 Å². The molecule has 5 nitrogen and oxygen atoms in total. The Balaban J connectivity index is 1.69. The lowest BCUT2D eigenvalue weighted by molar-refractivity contribution is -0.147. The Labute approximate surface area is 137 Å². The van der Waals surface area contributed by atoms with E-state index in [0.717, 1.165) is 19.5 Å². The SMILES string of the molecule is COCC1CN(C(=O)Cc2cccc3c2CCNC3)CC(C)O1. The highest BCUT2D eigenvalue weighted by Gasteiger charge is 2.28. The number of morpholine rings is 1. The zero-order valence-electron chi connectivity index (χ0n) is 14.0. The number of benzene rings is 1. The minimum atomic E-state index is -0.0263. The first kappa shape index (κ1) is 16.4. The maximum atomic E-state index is 12.8. The summed E-state index contributed by atoms with van der Waals surface area (Å²) in [4.78, 5) is 14.7. The maximum Gasteiger partial charge on any atom is 0.227 e. The van der Waals surface area contributed by atoms with Crippen molar-refractivity contribution in [2.45, 2.75) is 38.5 Å². The molecule has 0 saturated carbocycles. The summed E-state index contributed by atoms with van der Waals surface area (Å²) >= 11 is 0. The number of carbonyl (C=O) groups excluding carboxylic acids is 1. The van der Waals surface area contributed by atoms with Crippen LogP contribution >= 0.6 is 0 Å². The lowest BCUT2D eigenvalue weighted by atomic mass is 9.93. The van der Waals surface area contributed by atoms with Crippen LogP contribution in [-0.2, 0) is 33.7 Å². The van der Waals surface area contributed by atoms with Crippen LogP contribution in [0.15, 0.2) is 18.2 Å². The zero-order valence-corrected chi connectivity index (χ0v) is 14.0. The summed E-state index contributed by atoms with van der Waals surface area (Å²) in [7, 11) is 1.67. The average molecular weight is 318 g/mol. The van der Waals surface area contributed by atoms with Crippen molar-refractivity contribution in [2.75, 3.05) is 33.4 Å².